The number of hydrogen-bond donors (Lipinski definition) is 1. The molecule has 0 saturated carbocycles. The fourth-order valence-electron chi connectivity index (χ4n) is 1.50. The molecular weight excluding hydrogens is 311 g/mol. The highest BCUT2D eigenvalue weighted by atomic mass is 32.1. The summed E-state index contributed by atoms with van der Waals surface area (Å²) in [5.41, 5.74) is 0. The van der Waals surface area contributed by atoms with Crippen molar-refractivity contribution < 1.29 is 23.5 Å². The summed E-state index contributed by atoms with van der Waals surface area (Å²) in [5, 5.41) is 2.80. The van der Waals surface area contributed by atoms with Crippen molar-refractivity contribution in [3.8, 4) is 5.75 Å². The number of hydrogen-bond acceptors (Lipinski definition) is 6. The number of methoxy groups -OCH3 is 1. The van der Waals surface area contributed by atoms with Gasteiger partial charge in [-0.2, -0.15) is 0 Å². The maximum atomic E-state index is 12.8. The van der Waals surface area contributed by atoms with Crippen LogP contribution in [0, 0.1) is 5.82 Å². The first kappa shape index (κ1) is 15.9. The predicted octanol–water partition coefficient (Wildman–Crippen LogP) is 2.47. The summed E-state index contributed by atoms with van der Waals surface area (Å²) >= 11 is 0.997. The summed E-state index contributed by atoms with van der Waals surface area (Å²) in [6.07, 6.45) is 0.508. The van der Waals surface area contributed by atoms with Crippen LogP contribution in [0.2, 0.25) is 0 Å². The number of ether oxygens (including phenoxy) is 2. The number of thiazole rings is 1. The van der Waals surface area contributed by atoms with Gasteiger partial charge in [0.2, 0.25) is 0 Å². The molecule has 1 aromatic carbocycles. The molecule has 8 heteroatoms. The van der Waals surface area contributed by atoms with Gasteiger partial charge in [-0.1, -0.05) is 11.3 Å². The standard InChI is InChI=1S/C14H13FN2O4S/c1-8(21-10-5-3-9(15)4-6-10)12(18)17-14-16-7-11(22-14)13(19)20-2/h3-8H,1-2H3,(H,16,17,18). The minimum absolute atomic E-state index is 0.264. The number of anilines is 1. The Labute approximate surface area is 129 Å². The Morgan fingerprint density at radius 1 is 1.32 bits per heavy atom. The second kappa shape index (κ2) is 6.99. The molecule has 1 N–H and O–H groups in total. The van der Waals surface area contributed by atoms with Crippen LogP contribution in [0.4, 0.5) is 9.52 Å². The van der Waals surface area contributed by atoms with Crippen molar-refractivity contribution >= 4 is 28.3 Å². The van der Waals surface area contributed by atoms with Crippen LogP contribution in [0.1, 0.15) is 16.6 Å². The van der Waals surface area contributed by atoms with E-state index in [4.69, 9.17) is 4.74 Å². The number of carbonyl (C=O) groups excluding carboxylic acids is 2. The number of aromatic nitrogens is 1. The Kier molecular flexibility index (Phi) is 5.05. The number of esters is 1. The molecule has 1 amide bonds. The number of rotatable bonds is 5. The Morgan fingerprint density at radius 3 is 2.64 bits per heavy atom. The van der Waals surface area contributed by atoms with Crippen LogP contribution >= 0.6 is 11.3 Å². The molecule has 1 atom stereocenters. The summed E-state index contributed by atoms with van der Waals surface area (Å²) in [6, 6.07) is 5.34. The molecule has 6 nitrogen and oxygen atoms in total. The van der Waals surface area contributed by atoms with E-state index < -0.39 is 18.0 Å². The first-order valence-electron chi connectivity index (χ1n) is 6.27. The van der Waals surface area contributed by atoms with E-state index in [1.54, 1.807) is 6.92 Å². The molecule has 0 aliphatic carbocycles. The third kappa shape index (κ3) is 4.01. The number of halogens is 1. The lowest BCUT2D eigenvalue weighted by Crippen LogP contribution is -2.30. The van der Waals surface area contributed by atoms with Crippen LogP contribution in [0.3, 0.4) is 0 Å². The van der Waals surface area contributed by atoms with Crippen molar-refractivity contribution in [2.45, 2.75) is 13.0 Å². The largest absolute Gasteiger partial charge is 0.481 e. The van der Waals surface area contributed by atoms with E-state index in [-0.39, 0.29) is 15.8 Å². The molecule has 0 fully saturated rings. The monoisotopic (exact) mass is 324 g/mol. The van der Waals surface area contributed by atoms with Gasteiger partial charge in [0.1, 0.15) is 16.4 Å². The highest BCUT2D eigenvalue weighted by molar-refractivity contribution is 7.17. The van der Waals surface area contributed by atoms with Gasteiger partial charge in [0.05, 0.1) is 13.3 Å². The van der Waals surface area contributed by atoms with Gasteiger partial charge in [-0.05, 0) is 31.2 Å². The van der Waals surface area contributed by atoms with Gasteiger partial charge in [-0.3, -0.25) is 10.1 Å². The van der Waals surface area contributed by atoms with Crippen LogP contribution in [-0.2, 0) is 9.53 Å². The molecule has 0 aliphatic rings. The van der Waals surface area contributed by atoms with Crippen molar-refractivity contribution in [2.24, 2.45) is 0 Å². The molecule has 22 heavy (non-hydrogen) atoms. The van der Waals surface area contributed by atoms with E-state index >= 15 is 0 Å². The van der Waals surface area contributed by atoms with Gasteiger partial charge in [0.25, 0.3) is 5.91 Å². The second-order valence-corrected chi connectivity index (χ2v) is 5.26. The zero-order valence-corrected chi connectivity index (χ0v) is 12.6. The molecule has 0 spiro atoms. The molecule has 2 aromatic rings. The average Bonchev–Trinajstić information content (AvgIpc) is 2.97. The van der Waals surface area contributed by atoms with Crippen molar-refractivity contribution in [1.82, 2.24) is 4.98 Å². The summed E-state index contributed by atoms with van der Waals surface area (Å²) in [4.78, 5) is 27.5. The SMILES string of the molecule is COC(=O)c1cnc(NC(=O)C(C)Oc2ccc(F)cc2)s1. The maximum absolute atomic E-state index is 12.8. The Morgan fingerprint density at radius 2 is 2.00 bits per heavy atom. The fraction of sp³-hybridized carbons (Fsp3) is 0.214. The molecule has 0 radical (unpaired) electrons. The Bertz CT molecular complexity index is 672. The summed E-state index contributed by atoms with van der Waals surface area (Å²) < 4.78 is 22.7. The van der Waals surface area contributed by atoms with Gasteiger partial charge in [-0.15, -0.1) is 0 Å². The van der Waals surface area contributed by atoms with Crippen molar-refractivity contribution in [3.05, 3.63) is 41.2 Å². The first-order chi connectivity index (χ1) is 10.5. The first-order valence-corrected chi connectivity index (χ1v) is 7.08. The third-order valence-corrected chi connectivity index (χ3v) is 3.51. The molecule has 1 unspecified atom stereocenters. The molecular formula is C14H13FN2O4S. The van der Waals surface area contributed by atoms with Crippen LogP contribution in [-0.4, -0.2) is 30.1 Å². The van der Waals surface area contributed by atoms with Gasteiger partial charge in [0.15, 0.2) is 11.2 Å². The van der Waals surface area contributed by atoms with Crippen LogP contribution in [0.25, 0.3) is 0 Å². The number of nitrogens with zero attached hydrogens (tertiary/aromatic N) is 1. The molecule has 1 heterocycles. The lowest BCUT2D eigenvalue weighted by atomic mass is 10.3. The van der Waals surface area contributed by atoms with Crippen LogP contribution < -0.4 is 10.1 Å². The zero-order chi connectivity index (χ0) is 16.1. The molecule has 0 saturated heterocycles. The summed E-state index contributed by atoms with van der Waals surface area (Å²) in [6.45, 7) is 1.55. The smallest absolute Gasteiger partial charge is 0.349 e. The summed E-state index contributed by atoms with van der Waals surface area (Å²) in [5.74, 6) is -0.968. The highest BCUT2D eigenvalue weighted by Crippen LogP contribution is 2.19. The topological polar surface area (TPSA) is 77.5 Å². The number of amides is 1. The Hall–Kier alpha value is -2.48. The van der Waals surface area contributed by atoms with Crippen molar-refractivity contribution in [1.29, 1.82) is 0 Å². The zero-order valence-electron chi connectivity index (χ0n) is 11.8. The van der Waals surface area contributed by atoms with Crippen LogP contribution in [0.15, 0.2) is 30.5 Å². The highest BCUT2D eigenvalue weighted by Gasteiger charge is 2.18. The van der Waals surface area contributed by atoms with Crippen molar-refractivity contribution in [3.63, 3.8) is 0 Å². The van der Waals surface area contributed by atoms with E-state index in [0.29, 0.717) is 5.75 Å². The lowest BCUT2D eigenvalue weighted by Gasteiger charge is -2.13. The van der Waals surface area contributed by atoms with E-state index in [1.807, 2.05) is 0 Å². The predicted molar refractivity (Wildman–Crippen MR) is 78.6 cm³/mol. The van der Waals surface area contributed by atoms with E-state index in [0.717, 1.165) is 11.3 Å². The number of benzene rings is 1. The Balaban J connectivity index is 1.94. The molecule has 0 aliphatic heterocycles. The molecule has 1 aromatic heterocycles. The van der Waals surface area contributed by atoms with E-state index in [2.05, 4.69) is 15.0 Å². The quantitative estimate of drug-likeness (QED) is 0.855. The van der Waals surface area contributed by atoms with E-state index in [1.165, 1.54) is 37.6 Å². The van der Waals surface area contributed by atoms with Crippen molar-refractivity contribution in [2.75, 3.05) is 12.4 Å². The molecule has 0 bridgehead atoms. The van der Waals surface area contributed by atoms with Crippen LogP contribution in [0.5, 0.6) is 5.75 Å². The van der Waals surface area contributed by atoms with Gasteiger partial charge < -0.3 is 9.47 Å². The number of carbonyl (C=O) groups is 2. The molecule has 2 rings (SSSR count). The van der Waals surface area contributed by atoms with Gasteiger partial charge in [0, 0.05) is 0 Å². The lowest BCUT2D eigenvalue weighted by molar-refractivity contribution is -0.122. The fourth-order valence-corrected chi connectivity index (χ4v) is 2.24. The molecule has 116 valence electrons. The minimum Gasteiger partial charge on any atom is -0.481 e. The van der Waals surface area contributed by atoms with Gasteiger partial charge >= 0.3 is 5.97 Å². The second-order valence-electron chi connectivity index (χ2n) is 4.22. The summed E-state index contributed by atoms with van der Waals surface area (Å²) in [7, 11) is 1.26. The number of nitrogens with one attached hydrogen (secondary N) is 1. The maximum Gasteiger partial charge on any atom is 0.349 e. The average molecular weight is 324 g/mol. The van der Waals surface area contributed by atoms with E-state index in [9.17, 15) is 14.0 Å². The third-order valence-electron chi connectivity index (χ3n) is 2.62. The normalized spacial score (nSPS) is 11.6. The van der Waals surface area contributed by atoms with Gasteiger partial charge in [-0.25, -0.2) is 14.2 Å². The minimum atomic E-state index is -0.809.